The molecule has 0 spiro atoms. The van der Waals surface area contributed by atoms with E-state index in [0.717, 1.165) is 42.4 Å². The van der Waals surface area contributed by atoms with Crippen molar-refractivity contribution in [3.8, 4) is 11.4 Å². The van der Waals surface area contributed by atoms with Crippen LogP contribution in [0.2, 0.25) is 0 Å². The molecule has 2 heterocycles. The van der Waals surface area contributed by atoms with E-state index in [4.69, 9.17) is 4.99 Å². The maximum absolute atomic E-state index is 4.74. The Labute approximate surface area is 191 Å². The summed E-state index contributed by atoms with van der Waals surface area (Å²) in [6, 6.07) is 8.25. The summed E-state index contributed by atoms with van der Waals surface area (Å²) in [5.41, 5.74) is 2.18. The summed E-state index contributed by atoms with van der Waals surface area (Å²) < 4.78 is 0. The van der Waals surface area contributed by atoms with E-state index < -0.39 is 0 Å². The van der Waals surface area contributed by atoms with Gasteiger partial charge >= 0.3 is 0 Å². The molecular formula is C21H34IN7. The highest BCUT2D eigenvalue weighted by Crippen LogP contribution is 2.16. The van der Waals surface area contributed by atoms with Gasteiger partial charge < -0.3 is 15.5 Å². The van der Waals surface area contributed by atoms with Crippen molar-refractivity contribution in [2.24, 2.45) is 4.99 Å². The van der Waals surface area contributed by atoms with Crippen molar-refractivity contribution < 1.29 is 0 Å². The van der Waals surface area contributed by atoms with Crippen LogP contribution in [-0.2, 0) is 6.54 Å². The molecule has 0 aliphatic carbocycles. The van der Waals surface area contributed by atoms with E-state index in [9.17, 15) is 0 Å². The molecule has 0 saturated carbocycles. The van der Waals surface area contributed by atoms with Crippen LogP contribution in [0.4, 0.5) is 0 Å². The molecule has 1 saturated heterocycles. The summed E-state index contributed by atoms with van der Waals surface area (Å²) in [7, 11) is 0. The topological polar surface area (TPSA) is 81.2 Å². The highest BCUT2D eigenvalue weighted by molar-refractivity contribution is 14.0. The summed E-state index contributed by atoms with van der Waals surface area (Å²) in [5, 5.41) is 13.6. The van der Waals surface area contributed by atoms with Gasteiger partial charge in [0.1, 0.15) is 6.33 Å². The van der Waals surface area contributed by atoms with Crippen LogP contribution in [0.3, 0.4) is 0 Å². The lowest BCUT2D eigenvalue weighted by Gasteiger charge is -2.20. The van der Waals surface area contributed by atoms with Gasteiger partial charge in [0.2, 0.25) is 0 Å². The van der Waals surface area contributed by atoms with E-state index in [0.29, 0.717) is 6.54 Å². The lowest BCUT2D eigenvalue weighted by Crippen LogP contribution is -2.39. The normalized spacial score (nSPS) is 15.4. The SMILES string of the molecule is CCNC(=NCc1cccc(-c2ncn[nH]2)c1)NCCCN1CCCCCC1.I. The summed E-state index contributed by atoms with van der Waals surface area (Å²) >= 11 is 0. The molecule has 0 atom stereocenters. The van der Waals surface area contributed by atoms with E-state index in [1.54, 1.807) is 0 Å². The molecule has 1 aliphatic rings. The van der Waals surface area contributed by atoms with Gasteiger partial charge in [-0.3, -0.25) is 5.10 Å². The fourth-order valence-corrected chi connectivity index (χ4v) is 3.54. The average Bonchev–Trinajstić information content (AvgIpc) is 3.14. The second kappa shape index (κ2) is 13.5. The van der Waals surface area contributed by atoms with Crippen molar-refractivity contribution in [3.63, 3.8) is 0 Å². The number of guanidine groups is 1. The van der Waals surface area contributed by atoms with Gasteiger partial charge in [-0.2, -0.15) is 5.10 Å². The minimum Gasteiger partial charge on any atom is -0.357 e. The molecule has 1 fully saturated rings. The Kier molecular flexibility index (Phi) is 11.0. The van der Waals surface area contributed by atoms with Crippen molar-refractivity contribution in [1.29, 1.82) is 0 Å². The van der Waals surface area contributed by atoms with Crippen LogP contribution in [0.25, 0.3) is 11.4 Å². The standard InChI is InChI=1S/C21H33N7.HI/c1-2-22-21(23-11-8-14-28-12-5-3-4-6-13-28)24-16-18-9-7-10-19(15-18)20-25-17-26-27-20;/h7,9-10,15,17H,2-6,8,11-14,16H2,1H3,(H2,22,23,24)(H,25,26,27);1H. The molecule has 2 aromatic rings. The number of benzene rings is 1. The van der Waals surface area contributed by atoms with Gasteiger partial charge in [-0.25, -0.2) is 9.98 Å². The number of halogens is 1. The minimum absolute atomic E-state index is 0. The Bertz CT molecular complexity index is 710. The number of nitrogens with one attached hydrogen (secondary N) is 3. The number of likely N-dealkylation sites (tertiary alicyclic amines) is 1. The van der Waals surface area contributed by atoms with Crippen molar-refractivity contribution in [2.45, 2.75) is 45.6 Å². The van der Waals surface area contributed by atoms with Crippen molar-refractivity contribution in [2.75, 3.05) is 32.7 Å². The first kappa shape index (κ1) is 23.6. The maximum atomic E-state index is 4.74. The molecule has 0 amide bonds. The van der Waals surface area contributed by atoms with E-state index in [1.807, 2.05) is 12.1 Å². The fraction of sp³-hybridized carbons (Fsp3) is 0.571. The van der Waals surface area contributed by atoms with Crippen LogP contribution in [0.15, 0.2) is 35.6 Å². The monoisotopic (exact) mass is 511 g/mol. The highest BCUT2D eigenvalue weighted by atomic mass is 127. The maximum Gasteiger partial charge on any atom is 0.191 e. The second-order valence-corrected chi connectivity index (χ2v) is 7.27. The lowest BCUT2D eigenvalue weighted by molar-refractivity contribution is 0.282. The lowest BCUT2D eigenvalue weighted by atomic mass is 10.1. The molecular weight excluding hydrogens is 477 g/mol. The van der Waals surface area contributed by atoms with Gasteiger partial charge in [0.25, 0.3) is 0 Å². The summed E-state index contributed by atoms with van der Waals surface area (Å²) in [5.74, 6) is 1.66. The molecule has 3 N–H and O–H groups in total. The Morgan fingerprint density at radius 2 is 2.00 bits per heavy atom. The first-order valence-corrected chi connectivity index (χ1v) is 10.5. The minimum atomic E-state index is 0. The largest absolute Gasteiger partial charge is 0.357 e. The number of hydrogen-bond acceptors (Lipinski definition) is 4. The zero-order chi connectivity index (χ0) is 19.4. The van der Waals surface area contributed by atoms with E-state index >= 15 is 0 Å². The molecule has 7 nitrogen and oxygen atoms in total. The molecule has 3 rings (SSSR count). The van der Waals surface area contributed by atoms with Gasteiger partial charge in [-0.05, 0) is 57.5 Å². The molecule has 1 aromatic heterocycles. The van der Waals surface area contributed by atoms with Crippen LogP contribution < -0.4 is 10.6 Å². The van der Waals surface area contributed by atoms with Crippen molar-refractivity contribution in [1.82, 2.24) is 30.7 Å². The summed E-state index contributed by atoms with van der Waals surface area (Å²) in [6.07, 6.45) is 8.16. The molecule has 0 unspecified atom stereocenters. The second-order valence-electron chi connectivity index (χ2n) is 7.27. The smallest absolute Gasteiger partial charge is 0.191 e. The number of rotatable bonds is 8. The Hall–Kier alpha value is -1.68. The van der Waals surface area contributed by atoms with Crippen LogP contribution >= 0.6 is 24.0 Å². The number of aliphatic imine (C=N–C) groups is 1. The Morgan fingerprint density at radius 1 is 1.17 bits per heavy atom. The number of nitrogens with zero attached hydrogens (tertiary/aromatic N) is 4. The Balaban J connectivity index is 0.00000300. The molecule has 160 valence electrons. The molecule has 1 aromatic carbocycles. The number of hydrogen-bond donors (Lipinski definition) is 3. The van der Waals surface area contributed by atoms with Crippen molar-refractivity contribution >= 4 is 29.9 Å². The van der Waals surface area contributed by atoms with Gasteiger partial charge in [0, 0.05) is 18.7 Å². The summed E-state index contributed by atoms with van der Waals surface area (Å²) in [6.45, 7) is 8.22. The number of aromatic nitrogens is 3. The van der Waals surface area contributed by atoms with Gasteiger partial charge in [-0.15, -0.1) is 24.0 Å². The van der Waals surface area contributed by atoms with Crippen molar-refractivity contribution in [3.05, 3.63) is 36.2 Å². The first-order valence-electron chi connectivity index (χ1n) is 10.5. The molecule has 0 bridgehead atoms. The average molecular weight is 511 g/mol. The predicted molar refractivity (Wildman–Crippen MR) is 130 cm³/mol. The molecule has 8 heteroatoms. The van der Waals surface area contributed by atoms with Crippen LogP contribution in [-0.4, -0.2) is 58.8 Å². The number of H-pyrrole nitrogens is 1. The van der Waals surface area contributed by atoms with Crippen LogP contribution in [0, 0.1) is 0 Å². The third kappa shape index (κ3) is 8.30. The quantitative estimate of drug-likeness (QED) is 0.219. The van der Waals surface area contributed by atoms with Gasteiger partial charge in [-0.1, -0.05) is 31.0 Å². The number of aromatic amines is 1. The Morgan fingerprint density at radius 3 is 2.72 bits per heavy atom. The van der Waals surface area contributed by atoms with Crippen LogP contribution in [0.1, 0.15) is 44.6 Å². The summed E-state index contributed by atoms with van der Waals surface area (Å²) in [4.78, 5) is 11.6. The predicted octanol–water partition coefficient (Wildman–Crippen LogP) is 3.41. The van der Waals surface area contributed by atoms with E-state index in [1.165, 1.54) is 51.6 Å². The van der Waals surface area contributed by atoms with E-state index in [2.05, 4.69) is 49.8 Å². The fourth-order valence-electron chi connectivity index (χ4n) is 3.54. The van der Waals surface area contributed by atoms with Gasteiger partial charge in [0.05, 0.1) is 6.54 Å². The van der Waals surface area contributed by atoms with Crippen LogP contribution in [0.5, 0.6) is 0 Å². The first-order chi connectivity index (χ1) is 13.8. The van der Waals surface area contributed by atoms with Gasteiger partial charge in [0.15, 0.2) is 11.8 Å². The molecule has 1 aliphatic heterocycles. The zero-order valence-electron chi connectivity index (χ0n) is 17.4. The van der Waals surface area contributed by atoms with E-state index in [-0.39, 0.29) is 24.0 Å². The third-order valence-corrected chi connectivity index (χ3v) is 5.02. The zero-order valence-corrected chi connectivity index (χ0v) is 19.7. The molecule has 0 radical (unpaired) electrons. The third-order valence-electron chi connectivity index (χ3n) is 5.02. The molecule has 29 heavy (non-hydrogen) atoms. The highest BCUT2D eigenvalue weighted by Gasteiger charge is 2.08.